The lowest BCUT2D eigenvalue weighted by atomic mass is 10.3. The van der Waals surface area contributed by atoms with Crippen LogP contribution < -0.4 is 0 Å². The summed E-state index contributed by atoms with van der Waals surface area (Å²) >= 11 is 0. The molecular formula is C9H12N6O. The standard InChI is InChI=1S/C9H12N6O/c10-1-2-14-3-5-15(6-4-14)9(16)8-7-11-13-12-8/h7H,2-6H2,(H,11,12,13). The van der Waals surface area contributed by atoms with E-state index in [1.54, 1.807) is 4.90 Å². The van der Waals surface area contributed by atoms with Gasteiger partial charge in [0.15, 0.2) is 5.69 Å². The third-order valence-corrected chi connectivity index (χ3v) is 2.59. The number of nitrogens with zero attached hydrogens (tertiary/aromatic N) is 5. The van der Waals surface area contributed by atoms with Gasteiger partial charge in [-0.05, 0) is 0 Å². The molecule has 0 radical (unpaired) electrons. The molecule has 1 aliphatic heterocycles. The molecule has 0 aliphatic carbocycles. The number of H-pyrrole nitrogens is 1. The van der Waals surface area contributed by atoms with Gasteiger partial charge in [-0.2, -0.15) is 20.7 Å². The lowest BCUT2D eigenvalue weighted by molar-refractivity contribution is 0.0646. The smallest absolute Gasteiger partial charge is 0.276 e. The first kappa shape index (κ1) is 10.6. The second-order valence-electron chi connectivity index (χ2n) is 3.58. The van der Waals surface area contributed by atoms with Crippen LogP contribution in [-0.2, 0) is 0 Å². The van der Waals surface area contributed by atoms with Crippen LogP contribution in [0, 0.1) is 11.3 Å². The summed E-state index contributed by atoms with van der Waals surface area (Å²) in [6.07, 6.45) is 1.42. The second-order valence-corrected chi connectivity index (χ2v) is 3.58. The first-order valence-electron chi connectivity index (χ1n) is 5.05. The van der Waals surface area contributed by atoms with E-state index < -0.39 is 0 Å². The molecule has 1 aliphatic rings. The van der Waals surface area contributed by atoms with Crippen LogP contribution in [0.3, 0.4) is 0 Å². The lowest BCUT2D eigenvalue weighted by Crippen LogP contribution is -2.48. The van der Waals surface area contributed by atoms with E-state index in [9.17, 15) is 4.79 Å². The largest absolute Gasteiger partial charge is 0.335 e. The summed E-state index contributed by atoms with van der Waals surface area (Å²) in [4.78, 5) is 15.6. The maximum Gasteiger partial charge on any atom is 0.276 e. The van der Waals surface area contributed by atoms with E-state index in [0.29, 0.717) is 25.3 Å². The minimum absolute atomic E-state index is 0.106. The molecule has 0 bridgehead atoms. The van der Waals surface area contributed by atoms with Gasteiger partial charge < -0.3 is 4.90 Å². The Bertz CT molecular complexity index is 387. The zero-order chi connectivity index (χ0) is 11.4. The molecule has 16 heavy (non-hydrogen) atoms. The van der Waals surface area contributed by atoms with Gasteiger partial charge in [-0.25, -0.2) is 0 Å². The molecule has 2 rings (SSSR count). The topological polar surface area (TPSA) is 88.9 Å². The Kier molecular flexibility index (Phi) is 3.12. The van der Waals surface area contributed by atoms with Crippen molar-refractivity contribution in [1.29, 1.82) is 5.26 Å². The third-order valence-electron chi connectivity index (χ3n) is 2.59. The maximum absolute atomic E-state index is 11.8. The summed E-state index contributed by atoms with van der Waals surface area (Å²) in [5, 5.41) is 18.3. The third kappa shape index (κ3) is 2.17. The van der Waals surface area contributed by atoms with Crippen LogP contribution in [0.4, 0.5) is 0 Å². The molecule has 7 nitrogen and oxygen atoms in total. The highest BCUT2D eigenvalue weighted by atomic mass is 16.2. The van der Waals surface area contributed by atoms with Crippen molar-refractivity contribution < 1.29 is 4.79 Å². The van der Waals surface area contributed by atoms with E-state index in [-0.39, 0.29) is 5.91 Å². The van der Waals surface area contributed by atoms with Gasteiger partial charge >= 0.3 is 0 Å². The molecule has 1 aromatic rings. The summed E-state index contributed by atoms with van der Waals surface area (Å²) in [6, 6.07) is 2.10. The van der Waals surface area contributed by atoms with Crippen LogP contribution in [-0.4, -0.2) is 63.8 Å². The highest BCUT2D eigenvalue weighted by Crippen LogP contribution is 2.05. The number of rotatable bonds is 2. The fourth-order valence-corrected chi connectivity index (χ4v) is 1.68. The molecule has 1 N–H and O–H groups in total. The van der Waals surface area contributed by atoms with Crippen LogP contribution in [0.25, 0.3) is 0 Å². The molecule has 0 spiro atoms. The van der Waals surface area contributed by atoms with Crippen molar-refractivity contribution in [3.05, 3.63) is 11.9 Å². The first-order chi connectivity index (χ1) is 7.81. The number of piperazine rings is 1. The Morgan fingerprint density at radius 2 is 2.25 bits per heavy atom. The summed E-state index contributed by atoms with van der Waals surface area (Å²) in [7, 11) is 0. The minimum Gasteiger partial charge on any atom is -0.335 e. The van der Waals surface area contributed by atoms with Crippen LogP contribution >= 0.6 is 0 Å². The van der Waals surface area contributed by atoms with Gasteiger partial charge in [-0.1, -0.05) is 0 Å². The fourth-order valence-electron chi connectivity index (χ4n) is 1.68. The van der Waals surface area contributed by atoms with Crippen LogP contribution in [0.5, 0.6) is 0 Å². The van der Waals surface area contributed by atoms with Crippen molar-refractivity contribution in [3.8, 4) is 6.07 Å². The molecule has 0 saturated carbocycles. The first-order valence-corrected chi connectivity index (χ1v) is 5.05. The molecule has 0 aromatic carbocycles. The van der Waals surface area contributed by atoms with Crippen molar-refractivity contribution in [2.45, 2.75) is 0 Å². The molecule has 7 heteroatoms. The lowest BCUT2D eigenvalue weighted by Gasteiger charge is -2.32. The summed E-state index contributed by atoms with van der Waals surface area (Å²) < 4.78 is 0. The molecule has 1 amide bonds. The van der Waals surface area contributed by atoms with Crippen LogP contribution in [0.1, 0.15) is 10.5 Å². The predicted octanol–water partition coefficient (Wildman–Crippen LogP) is -0.914. The van der Waals surface area contributed by atoms with Crippen molar-refractivity contribution in [2.24, 2.45) is 0 Å². The van der Waals surface area contributed by atoms with Crippen molar-refractivity contribution in [3.63, 3.8) is 0 Å². The Hall–Kier alpha value is -1.94. The summed E-state index contributed by atoms with van der Waals surface area (Å²) in [5.41, 5.74) is 0.341. The van der Waals surface area contributed by atoms with E-state index in [1.165, 1.54) is 6.20 Å². The van der Waals surface area contributed by atoms with Gasteiger partial charge in [0.25, 0.3) is 5.91 Å². The Balaban J connectivity index is 1.90. The number of amides is 1. The van der Waals surface area contributed by atoms with E-state index >= 15 is 0 Å². The SMILES string of the molecule is N#CCN1CCN(C(=O)c2cn[nH]n2)CC1. The molecule has 84 valence electrons. The van der Waals surface area contributed by atoms with Crippen molar-refractivity contribution in [1.82, 2.24) is 25.2 Å². The minimum atomic E-state index is -0.106. The van der Waals surface area contributed by atoms with Crippen LogP contribution in [0.15, 0.2) is 6.20 Å². The average Bonchev–Trinajstić information content (AvgIpc) is 2.83. The normalized spacial score (nSPS) is 17.1. The number of aromatic amines is 1. The number of nitriles is 1. The van der Waals surface area contributed by atoms with E-state index in [0.717, 1.165) is 13.1 Å². The summed E-state index contributed by atoms with van der Waals surface area (Å²) in [5.74, 6) is -0.106. The number of carbonyl (C=O) groups is 1. The average molecular weight is 220 g/mol. The molecular weight excluding hydrogens is 208 g/mol. The van der Waals surface area contributed by atoms with Gasteiger partial charge in [0.05, 0.1) is 18.8 Å². The van der Waals surface area contributed by atoms with E-state index in [4.69, 9.17) is 5.26 Å². The zero-order valence-corrected chi connectivity index (χ0v) is 8.76. The number of hydrogen-bond donors (Lipinski definition) is 1. The predicted molar refractivity (Wildman–Crippen MR) is 54.3 cm³/mol. The van der Waals surface area contributed by atoms with Gasteiger partial charge in [0, 0.05) is 26.2 Å². The van der Waals surface area contributed by atoms with E-state index in [1.807, 2.05) is 4.90 Å². The number of carbonyl (C=O) groups excluding carboxylic acids is 1. The highest BCUT2D eigenvalue weighted by Gasteiger charge is 2.23. The van der Waals surface area contributed by atoms with Gasteiger partial charge in [0.2, 0.25) is 0 Å². The fraction of sp³-hybridized carbons (Fsp3) is 0.556. The molecule has 2 heterocycles. The highest BCUT2D eigenvalue weighted by molar-refractivity contribution is 5.91. The van der Waals surface area contributed by atoms with Crippen molar-refractivity contribution in [2.75, 3.05) is 32.7 Å². The molecule has 1 aromatic heterocycles. The molecule has 0 atom stereocenters. The quantitative estimate of drug-likeness (QED) is 0.651. The summed E-state index contributed by atoms with van der Waals surface area (Å²) in [6.45, 7) is 3.15. The number of nitrogens with one attached hydrogen (secondary N) is 1. The van der Waals surface area contributed by atoms with Gasteiger partial charge in [-0.15, -0.1) is 0 Å². The Morgan fingerprint density at radius 1 is 1.50 bits per heavy atom. The molecule has 1 fully saturated rings. The second kappa shape index (κ2) is 4.72. The Labute approximate surface area is 92.6 Å². The van der Waals surface area contributed by atoms with E-state index in [2.05, 4.69) is 21.5 Å². The van der Waals surface area contributed by atoms with Crippen molar-refractivity contribution >= 4 is 5.91 Å². The number of hydrogen-bond acceptors (Lipinski definition) is 5. The van der Waals surface area contributed by atoms with Gasteiger partial charge in [0.1, 0.15) is 0 Å². The monoisotopic (exact) mass is 220 g/mol. The Morgan fingerprint density at radius 3 is 2.81 bits per heavy atom. The molecule has 1 saturated heterocycles. The zero-order valence-electron chi connectivity index (χ0n) is 8.76. The number of aromatic nitrogens is 3. The van der Waals surface area contributed by atoms with Crippen LogP contribution in [0.2, 0.25) is 0 Å². The van der Waals surface area contributed by atoms with Gasteiger partial charge in [-0.3, -0.25) is 9.69 Å². The maximum atomic E-state index is 11.8. The molecule has 0 unspecified atom stereocenters.